The van der Waals surface area contributed by atoms with Crippen LogP contribution in [-0.2, 0) is 6.42 Å². The molecule has 0 bridgehead atoms. The van der Waals surface area contributed by atoms with Gasteiger partial charge in [-0.25, -0.2) is 0 Å². The van der Waals surface area contributed by atoms with Crippen LogP contribution in [0.25, 0.3) is 0 Å². The molecule has 0 saturated heterocycles. The van der Waals surface area contributed by atoms with Crippen LogP contribution in [-0.4, -0.2) is 0 Å². The third kappa shape index (κ3) is 3.86. The normalized spacial score (nSPS) is 12.4. The summed E-state index contributed by atoms with van der Waals surface area (Å²) in [7, 11) is 0. The Morgan fingerprint density at radius 1 is 1.11 bits per heavy atom. The number of halogens is 4. The second kappa shape index (κ2) is 6.60. The zero-order chi connectivity index (χ0) is 13.1. The van der Waals surface area contributed by atoms with Crippen LogP contribution in [0.3, 0.4) is 0 Å². The molecule has 0 aliphatic rings. The zero-order valence-corrected chi connectivity index (χ0v) is 14.6. The van der Waals surface area contributed by atoms with Crippen molar-refractivity contribution in [2.75, 3.05) is 0 Å². The number of hydrogen-bond donors (Lipinski definition) is 0. The molecular formula is C14H10BrCl2I. The number of alkyl halides is 1. The van der Waals surface area contributed by atoms with E-state index in [4.69, 9.17) is 23.2 Å². The van der Waals surface area contributed by atoms with Gasteiger partial charge in [-0.15, -0.1) is 11.6 Å². The number of benzene rings is 2. The van der Waals surface area contributed by atoms with Crippen LogP contribution in [0.5, 0.6) is 0 Å². The highest BCUT2D eigenvalue weighted by molar-refractivity contribution is 14.1. The summed E-state index contributed by atoms with van der Waals surface area (Å²) in [6.07, 6.45) is 0.797. The first kappa shape index (κ1) is 14.6. The van der Waals surface area contributed by atoms with Gasteiger partial charge in [0.2, 0.25) is 0 Å². The first-order chi connectivity index (χ1) is 8.56. The molecular weight excluding hydrogens is 446 g/mol. The Balaban J connectivity index is 2.13. The summed E-state index contributed by atoms with van der Waals surface area (Å²) >= 11 is 18.2. The van der Waals surface area contributed by atoms with E-state index in [1.54, 1.807) is 0 Å². The first-order valence-corrected chi connectivity index (χ1v) is 8.08. The summed E-state index contributed by atoms with van der Waals surface area (Å²) in [6, 6.07) is 14.2. The summed E-state index contributed by atoms with van der Waals surface area (Å²) in [5.41, 5.74) is 2.28. The van der Waals surface area contributed by atoms with Crippen molar-refractivity contribution in [1.29, 1.82) is 0 Å². The predicted octanol–water partition coefficient (Wildman–Crippen LogP) is 6.23. The fourth-order valence-electron chi connectivity index (χ4n) is 1.65. The highest BCUT2D eigenvalue weighted by Gasteiger charge is 2.10. The van der Waals surface area contributed by atoms with Gasteiger partial charge in [0.15, 0.2) is 0 Å². The van der Waals surface area contributed by atoms with Crippen LogP contribution in [0, 0.1) is 3.57 Å². The van der Waals surface area contributed by atoms with E-state index in [9.17, 15) is 0 Å². The van der Waals surface area contributed by atoms with Crippen molar-refractivity contribution in [2.24, 2.45) is 0 Å². The minimum atomic E-state index is -0.0549. The van der Waals surface area contributed by atoms with Gasteiger partial charge < -0.3 is 0 Å². The number of hydrogen-bond acceptors (Lipinski definition) is 0. The molecule has 0 nitrogen and oxygen atoms in total. The molecule has 4 heteroatoms. The molecule has 0 spiro atoms. The molecule has 0 aliphatic carbocycles. The second-order valence-electron chi connectivity index (χ2n) is 3.97. The van der Waals surface area contributed by atoms with Crippen LogP contribution >= 0.6 is 61.7 Å². The van der Waals surface area contributed by atoms with E-state index in [1.807, 2.05) is 30.3 Å². The molecule has 0 heterocycles. The highest BCUT2D eigenvalue weighted by Crippen LogP contribution is 2.29. The van der Waals surface area contributed by atoms with Crippen molar-refractivity contribution >= 4 is 61.7 Å². The molecule has 0 aromatic heterocycles. The molecule has 1 unspecified atom stereocenters. The van der Waals surface area contributed by atoms with Gasteiger partial charge in [-0.1, -0.05) is 45.7 Å². The maximum absolute atomic E-state index is 6.43. The predicted molar refractivity (Wildman–Crippen MR) is 90.6 cm³/mol. The highest BCUT2D eigenvalue weighted by atomic mass is 127. The lowest BCUT2D eigenvalue weighted by Crippen LogP contribution is -1.96. The minimum absolute atomic E-state index is 0.0549. The number of rotatable bonds is 3. The molecule has 2 aromatic carbocycles. The van der Waals surface area contributed by atoms with Gasteiger partial charge in [0.1, 0.15) is 0 Å². The molecule has 0 amide bonds. The summed E-state index contributed by atoms with van der Waals surface area (Å²) < 4.78 is 2.13. The Labute approximate surface area is 139 Å². The molecule has 0 saturated carbocycles. The van der Waals surface area contributed by atoms with E-state index in [1.165, 1.54) is 5.56 Å². The topological polar surface area (TPSA) is 0 Å². The lowest BCUT2D eigenvalue weighted by Gasteiger charge is -2.11. The van der Waals surface area contributed by atoms with Crippen molar-refractivity contribution < 1.29 is 0 Å². The van der Waals surface area contributed by atoms with Gasteiger partial charge in [-0.3, -0.25) is 0 Å². The minimum Gasteiger partial charge on any atom is -0.117 e. The zero-order valence-electron chi connectivity index (χ0n) is 9.34. The Hall–Kier alpha value is 0.230. The lowest BCUT2D eigenvalue weighted by molar-refractivity contribution is 0.919. The van der Waals surface area contributed by atoms with Crippen LogP contribution in [0.4, 0.5) is 0 Å². The Kier molecular flexibility index (Phi) is 5.36. The van der Waals surface area contributed by atoms with Gasteiger partial charge in [0.05, 0.1) is 10.4 Å². The molecule has 0 radical (unpaired) electrons. The van der Waals surface area contributed by atoms with Gasteiger partial charge >= 0.3 is 0 Å². The van der Waals surface area contributed by atoms with E-state index in [0.29, 0.717) is 0 Å². The molecule has 0 fully saturated rings. The van der Waals surface area contributed by atoms with E-state index in [-0.39, 0.29) is 5.38 Å². The monoisotopic (exact) mass is 454 g/mol. The summed E-state index contributed by atoms with van der Waals surface area (Å²) in [6.45, 7) is 0. The van der Waals surface area contributed by atoms with Crippen LogP contribution in [0.15, 0.2) is 46.9 Å². The first-order valence-electron chi connectivity index (χ1n) is 5.40. The van der Waals surface area contributed by atoms with E-state index in [2.05, 4.69) is 50.7 Å². The van der Waals surface area contributed by atoms with Gasteiger partial charge in [-0.05, 0) is 64.4 Å². The molecule has 94 valence electrons. The van der Waals surface area contributed by atoms with Gasteiger partial charge in [0.25, 0.3) is 0 Å². The van der Waals surface area contributed by atoms with Crippen LogP contribution < -0.4 is 0 Å². The Bertz CT molecular complexity index is 540. The molecule has 0 N–H and O–H groups in total. The van der Waals surface area contributed by atoms with Gasteiger partial charge in [0, 0.05) is 8.04 Å². The second-order valence-corrected chi connectivity index (χ2v) is 6.98. The maximum atomic E-state index is 6.43. The standard InChI is InChI=1S/C14H10BrCl2I/c15-11-4-1-9(2-5-11)7-12(16)10-3-6-14(18)13(17)8-10/h1-6,8,12H,7H2. The average molecular weight is 456 g/mol. The molecule has 1 atom stereocenters. The van der Waals surface area contributed by atoms with E-state index < -0.39 is 0 Å². The fraction of sp³-hybridized carbons (Fsp3) is 0.143. The Morgan fingerprint density at radius 2 is 1.78 bits per heavy atom. The van der Waals surface area contributed by atoms with Crippen molar-refractivity contribution in [2.45, 2.75) is 11.8 Å². The third-order valence-electron chi connectivity index (χ3n) is 2.63. The van der Waals surface area contributed by atoms with Crippen molar-refractivity contribution in [1.82, 2.24) is 0 Å². The fourth-order valence-corrected chi connectivity index (χ4v) is 2.76. The third-order valence-corrected chi connectivity index (χ3v) is 5.14. The molecule has 0 aliphatic heterocycles. The van der Waals surface area contributed by atoms with Crippen LogP contribution in [0.2, 0.25) is 5.02 Å². The van der Waals surface area contributed by atoms with E-state index >= 15 is 0 Å². The summed E-state index contributed by atoms with van der Waals surface area (Å²) in [4.78, 5) is 0. The van der Waals surface area contributed by atoms with Crippen LogP contribution in [0.1, 0.15) is 16.5 Å². The van der Waals surface area contributed by atoms with Crippen molar-refractivity contribution in [3.63, 3.8) is 0 Å². The molecule has 2 rings (SSSR count). The average Bonchev–Trinajstić information content (AvgIpc) is 2.35. The lowest BCUT2D eigenvalue weighted by atomic mass is 10.0. The molecule has 18 heavy (non-hydrogen) atoms. The quantitative estimate of drug-likeness (QED) is 0.380. The smallest absolute Gasteiger partial charge is 0.0626 e. The molecule has 2 aromatic rings. The van der Waals surface area contributed by atoms with Gasteiger partial charge in [-0.2, -0.15) is 0 Å². The largest absolute Gasteiger partial charge is 0.117 e. The maximum Gasteiger partial charge on any atom is 0.0626 e. The van der Waals surface area contributed by atoms with Crippen molar-refractivity contribution in [3.8, 4) is 0 Å². The Morgan fingerprint density at radius 3 is 2.39 bits per heavy atom. The summed E-state index contributed by atoms with van der Waals surface area (Å²) in [5, 5.41) is 0.704. The van der Waals surface area contributed by atoms with Crippen molar-refractivity contribution in [3.05, 3.63) is 66.7 Å². The van der Waals surface area contributed by atoms with E-state index in [0.717, 1.165) is 25.0 Å². The SMILES string of the molecule is Clc1cc(C(Cl)Cc2ccc(Br)cc2)ccc1I. The summed E-state index contributed by atoms with van der Waals surface area (Å²) in [5.74, 6) is 0.